The highest BCUT2D eigenvalue weighted by Crippen LogP contribution is 2.46. The minimum Gasteiger partial charge on any atom is -0.497 e. The first-order chi connectivity index (χ1) is 34.3. The van der Waals surface area contributed by atoms with Gasteiger partial charge in [-0.25, -0.2) is 0 Å². The summed E-state index contributed by atoms with van der Waals surface area (Å²) in [5, 5.41) is 3.34. The number of hydrogen-bond donors (Lipinski definition) is 0. The van der Waals surface area contributed by atoms with Crippen molar-refractivity contribution >= 4 is 44.4 Å². The van der Waals surface area contributed by atoms with Gasteiger partial charge in [-0.15, -0.1) is 0 Å². The fraction of sp³-hybridized carbons (Fsp3) is 0.0952. The summed E-state index contributed by atoms with van der Waals surface area (Å²) in [6.07, 6.45) is 5.27. The number of nitrogens with zero attached hydrogens (tertiary/aromatic N) is 5. The standard InChI is InChI=1S/C63H49N5O2/c1-40-59-53-22-9-13-26-57(53)68(58(59)27-15-17-43-16-6-10-23-54(43)63(40,2)3)62-65-60(64-61(66-62)67-55-24-11-7-20-51(55)52-21-8-12-25-56(52)67)45-19-14-18-44(36-45)48-38-46(41-28-32-49(69-4)33-29-41)37-47(39-48)42-30-34-50(70-5)35-31-42/h6-16,18-39H,1,17H2,2-5H3/b27-15-. The maximum Gasteiger partial charge on any atom is 0.240 e. The second-order valence-corrected chi connectivity index (χ2v) is 18.4. The molecule has 0 atom stereocenters. The lowest BCUT2D eigenvalue weighted by Gasteiger charge is -2.30. The highest BCUT2D eigenvalue weighted by Gasteiger charge is 2.33. The molecule has 0 N–H and O–H groups in total. The molecule has 0 fully saturated rings. The SMILES string of the molecule is C=C1c2c(n(-c3nc(-c4cccc(-c5cc(-c6ccc(OC)cc6)cc(-c6ccc(OC)cc6)c5)c4)nc(-n4c5ccccc5c5ccccc54)n3)c3ccccc23)/C=C\Cc2ccccc2C1(C)C. The molecule has 0 saturated carbocycles. The Balaban J connectivity index is 1.09. The van der Waals surface area contributed by atoms with Gasteiger partial charge in [-0.3, -0.25) is 9.13 Å². The molecule has 338 valence electrons. The molecular formula is C63H49N5O2. The Labute approximate surface area is 407 Å². The molecule has 1 aliphatic carbocycles. The number of methoxy groups -OCH3 is 2. The molecule has 11 aromatic rings. The van der Waals surface area contributed by atoms with Crippen LogP contribution in [-0.2, 0) is 11.8 Å². The molecule has 8 aromatic carbocycles. The topological polar surface area (TPSA) is 67.0 Å². The smallest absolute Gasteiger partial charge is 0.240 e. The van der Waals surface area contributed by atoms with Crippen molar-refractivity contribution < 1.29 is 9.47 Å². The Hall–Kier alpha value is -8.81. The normalized spacial score (nSPS) is 13.6. The highest BCUT2D eigenvalue weighted by atomic mass is 16.5. The van der Waals surface area contributed by atoms with Gasteiger partial charge in [-0.05, 0) is 129 Å². The van der Waals surface area contributed by atoms with E-state index in [9.17, 15) is 0 Å². The van der Waals surface area contributed by atoms with Crippen molar-refractivity contribution in [3.05, 3.63) is 223 Å². The minimum absolute atomic E-state index is 0.372. The zero-order chi connectivity index (χ0) is 47.5. The van der Waals surface area contributed by atoms with Crippen molar-refractivity contribution in [2.75, 3.05) is 14.2 Å². The van der Waals surface area contributed by atoms with Crippen LogP contribution in [0.2, 0.25) is 0 Å². The largest absolute Gasteiger partial charge is 0.497 e. The van der Waals surface area contributed by atoms with Crippen LogP contribution < -0.4 is 9.47 Å². The van der Waals surface area contributed by atoms with E-state index >= 15 is 0 Å². The van der Waals surface area contributed by atoms with Crippen LogP contribution in [-0.4, -0.2) is 38.3 Å². The van der Waals surface area contributed by atoms with Gasteiger partial charge < -0.3 is 9.47 Å². The summed E-state index contributed by atoms with van der Waals surface area (Å²) in [5.41, 5.74) is 15.6. The van der Waals surface area contributed by atoms with E-state index < -0.39 is 0 Å². The Morgan fingerprint density at radius 1 is 0.471 bits per heavy atom. The van der Waals surface area contributed by atoms with Gasteiger partial charge in [0, 0.05) is 32.7 Å². The number of benzene rings is 8. The fourth-order valence-electron chi connectivity index (χ4n) is 10.4. The first kappa shape index (κ1) is 42.5. The summed E-state index contributed by atoms with van der Waals surface area (Å²) in [6.45, 7) is 9.46. The molecule has 3 heterocycles. The van der Waals surface area contributed by atoms with E-state index in [4.69, 9.17) is 31.0 Å². The van der Waals surface area contributed by atoms with E-state index in [1.165, 1.54) is 11.1 Å². The Bertz CT molecular complexity index is 3760. The average molecular weight is 908 g/mol. The fourth-order valence-corrected chi connectivity index (χ4v) is 10.4. The van der Waals surface area contributed by atoms with Gasteiger partial charge in [-0.2, -0.15) is 15.0 Å². The Morgan fingerprint density at radius 3 is 1.56 bits per heavy atom. The molecule has 0 aliphatic heterocycles. The molecule has 3 aromatic heterocycles. The third-order valence-corrected chi connectivity index (χ3v) is 14.1. The number of hydrogen-bond acceptors (Lipinski definition) is 5. The van der Waals surface area contributed by atoms with Crippen molar-refractivity contribution in [2.45, 2.75) is 25.7 Å². The van der Waals surface area contributed by atoms with Gasteiger partial charge in [0.15, 0.2) is 5.82 Å². The van der Waals surface area contributed by atoms with E-state index in [2.05, 4.69) is 199 Å². The van der Waals surface area contributed by atoms with E-state index in [1.54, 1.807) is 14.2 Å². The van der Waals surface area contributed by atoms with Crippen molar-refractivity contribution in [1.29, 1.82) is 0 Å². The number of allylic oxidation sites excluding steroid dienone is 2. The zero-order valence-electron chi connectivity index (χ0n) is 39.5. The van der Waals surface area contributed by atoms with Crippen LogP contribution in [0.1, 0.15) is 36.2 Å². The van der Waals surface area contributed by atoms with Gasteiger partial charge in [-0.1, -0.05) is 148 Å². The molecule has 7 nitrogen and oxygen atoms in total. The van der Waals surface area contributed by atoms with E-state index in [0.29, 0.717) is 17.7 Å². The summed E-state index contributed by atoms with van der Waals surface area (Å²) in [4.78, 5) is 16.4. The maximum atomic E-state index is 5.52. The predicted molar refractivity (Wildman–Crippen MR) is 287 cm³/mol. The molecule has 0 radical (unpaired) electrons. The third-order valence-electron chi connectivity index (χ3n) is 14.1. The van der Waals surface area contributed by atoms with Crippen molar-refractivity contribution in [2.24, 2.45) is 0 Å². The number of rotatable bonds is 8. The number of fused-ring (bicyclic) bond motifs is 7. The summed E-state index contributed by atoms with van der Waals surface area (Å²) < 4.78 is 15.4. The molecule has 0 amide bonds. The molecule has 70 heavy (non-hydrogen) atoms. The molecule has 0 spiro atoms. The first-order valence-electron chi connectivity index (χ1n) is 23.7. The van der Waals surface area contributed by atoms with Gasteiger partial charge in [0.05, 0.1) is 36.5 Å². The van der Waals surface area contributed by atoms with Gasteiger partial charge in [0.2, 0.25) is 11.9 Å². The van der Waals surface area contributed by atoms with E-state index in [1.807, 2.05) is 24.3 Å². The third kappa shape index (κ3) is 7.17. The summed E-state index contributed by atoms with van der Waals surface area (Å²) >= 11 is 0. The molecule has 0 saturated heterocycles. The number of para-hydroxylation sites is 3. The van der Waals surface area contributed by atoms with Crippen molar-refractivity contribution in [1.82, 2.24) is 24.1 Å². The van der Waals surface area contributed by atoms with Gasteiger partial charge in [0.25, 0.3) is 0 Å². The monoisotopic (exact) mass is 907 g/mol. The summed E-state index contributed by atoms with van der Waals surface area (Å²) in [5.74, 6) is 3.21. The minimum atomic E-state index is -0.372. The van der Waals surface area contributed by atoms with Crippen molar-refractivity contribution in [3.63, 3.8) is 0 Å². The zero-order valence-corrected chi connectivity index (χ0v) is 39.5. The first-order valence-corrected chi connectivity index (χ1v) is 23.7. The average Bonchev–Trinajstić information content (AvgIpc) is 3.94. The number of aromatic nitrogens is 5. The molecule has 0 bridgehead atoms. The quantitative estimate of drug-likeness (QED) is 0.152. The van der Waals surface area contributed by atoms with E-state index in [0.717, 1.165) is 106 Å². The Morgan fingerprint density at radius 2 is 0.957 bits per heavy atom. The summed E-state index contributed by atoms with van der Waals surface area (Å²) in [7, 11) is 3.38. The lowest BCUT2D eigenvalue weighted by Crippen LogP contribution is -2.21. The van der Waals surface area contributed by atoms with Crippen LogP contribution in [0.5, 0.6) is 11.5 Å². The van der Waals surface area contributed by atoms with Crippen LogP contribution in [0.4, 0.5) is 0 Å². The maximum absolute atomic E-state index is 5.52. The van der Waals surface area contributed by atoms with Crippen LogP contribution >= 0.6 is 0 Å². The van der Waals surface area contributed by atoms with E-state index in [-0.39, 0.29) is 5.41 Å². The summed E-state index contributed by atoms with van der Waals surface area (Å²) in [6, 6.07) is 66.0. The lowest BCUT2D eigenvalue weighted by atomic mass is 9.73. The lowest BCUT2D eigenvalue weighted by molar-refractivity contribution is 0.415. The molecule has 12 rings (SSSR count). The highest BCUT2D eigenvalue weighted by molar-refractivity contribution is 6.09. The van der Waals surface area contributed by atoms with Gasteiger partial charge >= 0.3 is 0 Å². The van der Waals surface area contributed by atoms with Gasteiger partial charge in [0.1, 0.15) is 11.5 Å². The molecule has 7 heteroatoms. The van der Waals surface area contributed by atoms with Crippen LogP contribution in [0.15, 0.2) is 201 Å². The molecule has 0 unspecified atom stereocenters. The van der Waals surface area contributed by atoms with Crippen LogP contribution in [0.3, 0.4) is 0 Å². The predicted octanol–water partition coefficient (Wildman–Crippen LogP) is 15.2. The second-order valence-electron chi connectivity index (χ2n) is 18.4. The van der Waals surface area contributed by atoms with Crippen LogP contribution in [0.25, 0.3) is 101 Å². The molecular weight excluding hydrogens is 859 g/mol. The second kappa shape index (κ2) is 17.1. The Kier molecular flexibility index (Phi) is 10.4. The van der Waals surface area contributed by atoms with Crippen LogP contribution in [0, 0.1) is 0 Å². The van der Waals surface area contributed by atoms with Crippen molar-refractivity contribution in [3.8, 4) is 68.2 Å². The molecule has 1 aliphatic rings. The number of ether oxygens (including phenoxy) is 2.